The molecule has 2 aromatic rings. The van der Waals surface area contributed by atoms with Crippen LogP contribution in [0.25, 0.3) is 0 Å². The molecule has 2 N–H and O–H groups in total. The normalized spacial score (nSPS) is 11.5. The van der Waals surface area contributed by atoms with E-state index in [0.717, 1.165) is 61.3 Å². The Morgan fingerprint density at radius 1 is 1.22 bits per heavy atom. The monoisotopic (exact) mass is 506 g/mol. The first kappa shape index (κ1) is 23.9. The fourth-order valence-corrected chi connectivity index (χ4v) is 2.97. The topological polar surface area (TPSA) is 75.6 Å². The van der Waals surface area contributed by atoms with Crippen molar-refractivity contribution >= 4 is 41.7 Å². The number of aromatic nitrogens is 1. The molecule has 0 spiro atoms. The van der Waals surface area contributed by atoms with E-state index in [9.17, 15) is 0 Å². The first-order chi connectivity index (χ1) is 12.8. The highest BCUT2D eigenvalue weighted by atomic mass is 127. The van der Waals surface area contributed by atoms with Crippen molar-refractivity contribution in [3.63, 3.8) is 0 Å². The van der Waals surface area contributed by atoms with Crippen LogP contribution < -0.4 is 10.6 Å². The summed E-state index contributed by atoms with van der Waals surface area (Å²) in [7, 11) is 0. The summed E-state index contributed by atoms with van der Waals surface area (Å²) in [6.45, 7) is 6.45. The molecule has 0 unspecified atom stereocenters. The molecule has 0 aromatic carbocycles. The Bertz CT molecular complexity index is 642. The average Bonchev–Trinajstić information content (AvgIpc) is 3.33. The van der Waals surface area contributed by atoms with Crippen molar-refractivity contribution in [1.29, 1.82) is 0 Å². The minimum atomic E-state index is 0. The van der Waals surface area contributed by atoms with Gasteiger partial charge in [0.1, 0.15) is 12.3 Å². The summed E-state index contributed by atoms with van der Waals surface area (Å²) < 4.78 is 10.8. The quantitative estimate of drug-likeness (QED) is 0.203. The van der Waals surface area contributed by atoms with Crippen molar-refractivity contribution in [2.24, 2.45) is 4.99 Å². The summed E-state index contributed by atoms with van der Waals surface area (Å²) >= 11 is 1.80. The molecule has 0 aliphatic carbocycles. The fourth-order valence-electron chi connectivity index (χ4n) is 2.66. The van der Waals surface area contributed by atoms with Crippen LogP contribution in [0, 0.1) is 0 Å². The van der Waals surface area contributed by atoms with Crippen LogP contribution in [0.5, 0.6) is 0 Å². The highest BCUT2D eigenvalue weighted by molar-refractivity contribution is 14.0. The van der Waals surface area contributed by atoms with Crippen LogP contribution in [0.1, 0.15) is 49.8 Å². The van der Waals surface area contributed by atoms with Crippen molar-refractivity contribution in [3.8, 4) is 0 Å². The lowest BCUT2D eigenvalue weighted by molar-refractivity contribution is 0.372. The zero-order chi connectivity index (χ0) is 18.6. The third-order valence-corrected chi connectivity index (χ3v) is 4.83. The number of hydrogen-bond acceptors (Lipinski definition) is 5. The molecule has 152 valence electrons. The Balaban J connectivity index is 0.00000364. The number of nitrogens with one attached hydrogen (secondary N) is 2. The fraction of sp³-hybridized carbons (Fsp3) is 0.579. The predicted octanol–water partition coefficient (Wildman–Crippen LogP) is 4.43. The summed E-state index contributed by atoms with van der Waals surface area (Å²) in [6, 6.07) is 5.92. The van der Waals surface area contributed by atoms with E-state index in [4.69, 9.17) is 8.94 Å². The molecular formula is C19H31IN4O2S. The molecule has 0 aliphatic rings. The van der Waals surface area contributed by atoms with Crippen LogP contribution in [0.4, 0.5) is 0 Å². The highest BCUT2D eigenvalue weighted by Gasteiger charge is 2.12. The van der Waals surface area contributed by atoms with E-state index in [1.165, 1.54) is 0 Å². The van der Waals surface area contributed by atoms with Gasteiger partial charge in [0.05, 0.1) is 12.0 Å². The molecule has 2 rings (SSSR count). The molecule has 27 heavy (non-hydrogen) atoms. The van der Waals surface area contributed by atoms with Gasteiger partial charge in [0, 0.05) is 37.2 Å². The molecule has 8 heteroatoms. The second-order valence-corrected chi connectivity index (χ2v) is 7.06. The van der Waals surface area contributed by atoms with E-state index < -0.39 is 0 Å². The maximum absolute atomic E-state index is 5.46. The van der Waals surface area contributed by atoms with E-state index in [0.29, 0.717) is 12.5 Å². The number of rotatable bonds is 11. The standard InChI is InChI=1S/C19H30N4O2S.HI/c1-4-15(5-2)18-13-17(25-23-18)14-22-19(21-10-12-26-3)20-9-8-16-7-6-11-24-16;/h6-7,11,13,15H,4-5,8-10,12,14H2,1-3H3,(H2,20,21,22);1H. The lowest BCUT2D eigenvalue weighted by Gasteiger charge is -2.11. The lowest BCUT2D eigenvalue weighted by atomic mass is 9.99. The largest absolute Gasteiger partial charge is 0.469 e. The molecule has 0 atom stereocenters. The van der Waals surface area contributed by atoms with Gasteiger partial charge in [-0.05, 0) is 31.2 Å². The number of thioether (sulfide) groups is 1. The van der Waals surface area contributed by atoms with Gasteiger partial charge in [0.25, 0.3) is 0 Å². The van der Waals surface area contributed by atoms with Crippen LogP contribution in [0.15, 0.2) is 38.4 Å². The van der Waals surface area contributed by atoms with Gasteiger partial charge >= 0.3 is 0 Å². The smallest absolute Gasteiger partial charge is 0.191 e. The summed E-state index contributed by atoms with van der Waals surface area (Å²) in [6.07, 6.45) is 6.75. The Morgan fingerprint density at radius 3 is 2.67 bits per heavy atom. The van der Waals surface area contributed by atoms with Gasteiger partial charge in [-0.15, -0.1) is 24.0 Å². The lowest BCUT2D eigenvalue weighted by Crippen LogP contribution is -2.39. The van der Waals surface area contributed by atoms with Crippen LogP contribution in [-0.2, 0) is 13.0 Å². The van der Waals surface area contributed by atoms with Crippen molar-refractivity contribution in [3.05, 3.63) is 41.7 Å². The number of halogens is 1. The van der Waals surface area contributed by atoms with Crippen molar-refractivity contribution in [1.82, 2.24) is 15.8 Å². The number of nitrogens with zero attached hydrogens (tertiary/aromatic N) is 2. The molecule has 2 heterocycles. The Morgan fingerprint density at radius 2 is 2.00 bits per heavy atom. The molecule has 0 bridgehead atoms. The third kappa shape index (κ3) is 8.59. The maximum atomic E-state index is 5.46. The van der Waals surface area contributed by atoms with Crippen LogP contribution in [0.3, 0.4) is 0 Å². The number of guanidine groups is 1. The molecule has 0 amide bonds. The van der Waals surface area contributed by atoms with Gasteiger partial charge in [-0.25, -0.2) is 4.99 Å². The van der Waals surface area contributed by atoms with Gasteiger partial charge in [-0.2, -0.15) is 11.8 Å². The molecule has 0 fully saturated rings. The molecule has 6 nitrogen and oxygen atoms in total. The van der Waals surface area contributed by atoms with Crippen molar-refractivity contribution < 1.29 is 8.94 Å². The zero-order valence-corrected chi connectivity index (χ0v) is 19.5. The first-order valence-corrected chi connectivity index (χ1v) is 10.6. The summed E-state index contributed by atoms with van der Waals surface area (Å²) in [5.74, 6) is 4.03. The van der Waals surface area contributed by atoms with E-state index in [-0.39, 0.29) is 24.0 Å². The van der Waals surface area contributed by atoms with Gasteiger partial charge < -0.3 is 19.6 Å². The second kappa shape index (κ2) is 13.9. The van der Waals surface area contributed by atoms with Gasteiger partial charge in [0.2, 0.25) is 0 Å². The molecule has 0 radical (unpaired) electrons. The van der Waals surface area contributed by atoms with Gasteiger partial charge in [0.15, 0.2) is 11.7 Å². The minimum Gasteiger partial charge on any atom is -0.469 e. The SMILES string of the molecule is CCC(CC)c1cc(CN=C(NCCSC)NCCc2ccco2)on1.I. The number of aliphatic imine (C=N–C) groups is 1. The molecular weight excluding hydrogens is 475 g/mol. The number of furan rings is 1. The highest BCUT2D eigenvalue weighted by Crippen LogP contribution is 2.22. The Hall–Kier alpha value is -1.16. The van der Waals surface area contributed by atoms with E-state index >= 15 is 0 Å². The van der Waals surface area contributed by atoms with E-state index in [1.807, 2.05) is 18.2 Å². The van der Waals surface area contributed by atoms with Crippen LogP contribution in [0.2, 0.25) is 0 Å². The molecule has 0 aliphatic heterocycles. The Kier molecular flexibility index (Phi) is 12.3. The molecule has 2 aromatic heterocycles. The second-order valence-electron chi connectivity index (χ2n) is 6.07. The third-order valence-electron chi connectivity index (χ3n) is 4.22. The van der Waals surface area contributed by atoms with E-state index in [1.54, 1.807) is 18.0 Å². The molecule has 0 saturated carbocycles. The molecule has 0 saturated heterocycles. The maximum Gasteiger partial charge on any atom is 0.191 e. The van der Waals surface area contributed by atoms with Gasteiger partial charge in [-0.1, -0.05) is 19.0 Å². The van der Waals surface area contributed by atoms with Gasteiger partial charge in [-0.3, -0.25) is 0 Å². The number of hydrogen-bond donors (Lipinski definition) is 2. The summed E-state index contributed by atoms with van der Waals surface area (Å²) in [4.78, 5) is 4.63. The summed E-state index contributed by atoms with van der Waals surface area (Å²) in [5.41, 5.74) is 1.03. The van der Waals surface area contributed by atoms with Crippen LogP contribution >= 0.6 is 35.7 Å². The zero-order valence-electron chi connectivity index (χ0n) is 16.4. The average molecular weight is 506 g/mol. The first-order valence-electron chi connectivity index (χ1n) is 9.25. The van der Waals surface area contributed by atoms with E-state index in [2.05, 4.69) is 40.9 Å². The summed E-state index contributed by atoms with van der Waals surface area (Å²) in [5, 5.41) is 10.9. The minimum absolute atomic E-state index is 0. The van der Waals surface area contributed by atoms with Crippen LogP contribution in [-0.4, -0.2) is 36.2 Å². The van der Waals surface area contributed by atoms with Crippen molar-refractivity contribution in [2.75, 3.05) is 25.1 Å². The Labute approximate surface area is 183 Å². The van der Waals surface area contributed by atoms with Crippen molar-refractivity contribution in [2.45, 2.75) is 45.6 Å². The predicted molar refractivity (Wildman–Crippen MR) is 123 cm³/mol.